The lowest BCUT2D eigenvalue weighted by Crippen LogP contribution is -2.47. The van der Waals surface area contributed by atoms with E-state index in [0.29, 0.717) is 25.2 Å². The summed E-state index contributed by atoms with van der Waals surface area (Å²) in [6.07, 6.45) is -1.65. The maximum Gasteiger partial charge on any atom is 0.419 e. The number of carboxylic acids is 1. The van der Waals surface area contributed by atoms with E-state index in [1.807, 2.05) is 30.3 Å². The summed E-state index contributed by atoms with van der Waals surface area (Å²) in [6, 6.07) is 12.8. The molecule has 0 saturated heterocycles. The smallest absolute Gasteiger partial charge is 0.419 e. The first-order valence-corrected chi connectivity index (χ1v) is 12.3. The van der Waals surface area contributed by atoms with Crippen LogP contribution in [0.15, 0.2) is 54.6 Å². The second kappa shape index (κ2) is 12.3. The van der Waals surface area contributed by atoms with Crippen LogP contribution in [-0.4, -0.2) is 38.9 Å². The first kappa shape index (κ1) is 28.1. The van der Waals surface area contributed by atoms with Crippen molar-refractivity contribution in [2.45, 2.75) is 63.8 Å². The quantitative estimate of drug-likeness (QED) is 0.347. The van der Waals surface area contributed by atoms with Gasteiger partial charge < -0.3 is 19.9 Å². The summed E-state index contributed by atoms with van der Waals surface area (Å²) < 4.78 is 65.0. The SMILES string of the molecule is O=C(Cn1nc(C(=O)O)cc1OCc1ccc(C(F)(F)F)c(F)c1)NC1CCCCC1OCc1ccccc1. The molecule has 39 heavy (non-hydrogen) atoms. The Kier molecular flexibility index (Phi) is 8.85. The summed E-state index contributed by atoms with van der Waals surface area (Å²) in [5, 5.41) is 16.2. The van der Waals surface area contributed by atoms with Crippen molar-refractivity contribution < 1.29 is 41.7 Å². The van der Waals surface area contributed by atoms with Gasteiger partial charge in [-0.05, 0) is 36.1 Å². The van der Waals surface area contributed by atoms with Gasteiger partial charge >= 0.3 is 12.1 Å². The number of aromatic nitrogens is 2. The highest BCUT2D eigenvalue weighted by molar-refractivity contribution is 5.85. The first-order valence-electron chi connectivity index (χ1n) is 12.3. The highest BCUT2D eigenvalue weighted by Crippen LogP contribution is 2.32. The van der Waals surface area contributed by atoms with Crippen LogP contribution < -0.4 is 10.1 Å². The topological polar surface area (TPSA) is 103 Å². The van der Waals surface area contributed by atoms with E-state index in [1.165, 1.54) is 0 Å². The number of carboxylic acid groups (broad SMARTS) is 1. The summed E-state index contributed by atoms with van der Waals surface area (Å²) in [5.74, 6) is -3.37. The average molecular weight is 550 g/mol. The Hall–Kier alpha value is -3.93. The highest BCUT2D eigenvalue weighted by atomic mass is 19.4. The van der Waals surface area contributed by atoms with Gasteiger partial charge in [-0.15, -0.1) is 0 Å². The van der Waals surface area contributed by atoms with E-state index in [0.717, 1.165) is 41.6 Å². The molecule has 1 amide bonds. The van der Waals surface area contributed by atoms with Crippen LogP contribution in [0.5, 0.6) is 5.88 Å². The number of alkyl halides is 3. The van der Waals surface area contributed by atoms with Crippen LogP contribution in [0.3, 0.4) is 0 Å². The van der Waals surface area contributed by atoms with Gasteiger partial charge in [0.15, 0.2) is 5.69 Å². The van der Waals surface area contributed by atoms with E-state index in [-0.39, 0.29) is 36.7 Å². The van der Waals surface area contributed by atoms with Crippen LogP contribution in [0.1, 0.15) is 52.9 Å². The third-order valence-corrected chi connectivity index (χ3v) is 6.34. The van der Waals surface area contributed by atoms with Crippen LogP contribution in [-0.2, 0) is 35.5 Å². The molecule has 3 aromatic rings. The van der Waals surface area contributed by atoms with Gasteiger partial charge in [0.05, 0.1) is 24.3 Å². The fourth-order valence-electron chi connectivity index (χ4n) is 4.40. The lowest BCUT2D eigenvalue weighted by molar-refractivity contribution is -0.140. The molecule has 1 aliphatic rings. The van der Waals surface area contributed by atoms with Gasteiger partial charge in [0.2, 0.25) is 11.8 Å². The Balaban J connectivity index is 1.40. The predicted octanol–water partition coefficient (Wildman–Crippen LogP) is 4.96. The Morgan fingerprint density at radius 3 is 2.46 bits per heavy atom. The molecule has 208 valence electrons. The minimum Gasteiger partial charge on any atom is -0.476 e. The third-order valence-electron chi connectivity index (χ3n) is 6.34. The molecule has 1 saturated carbocycles. The van der Waals surface area contributed by atoms with E-state index in [1.54, 1.807) is 0 Å². The molecular weight excluding hydrogens is 522 g/mol. The Morgan fingerprint density at radius 1 is 1.03 bits per heavy atom. The van der Waals surface area contributed by atoms with Crippen LogP contribution in [0, 0.1) is 5.82 Å². The first-order chi connectivity index (χ1) is 18.6. The molecule has 1 aromatic heterocycles. The van der Waals surface area contributed by atoms with Gasteiger partial charge in [-0.1, -0.05) is 49.2 Å². The summed E-state index contributed by atoms with van der Waals surface area (Å²) in [5.41, 5.74) is -0.705. The maximum atomic E-state index is 13.9. The molecule has 0 aliphatic heterocycles. The number of halogens is 4. The van der Waals surface area contributed by atoms with E-state index in [4.69, 9.17) is 9.47 Å². The molecular formula is C27H27F4N3O5. The van der Waals surface area contributed by atoms with E-state index in [2.05, 4.69) is 10.4 Å². The number of rotatable bonds is 10. The van der Waals surface area contributed by atoms with Crippen LogP contribution in [0.4, 0.5) is 17.6 Å². The number of hydrogen-bond acceptors (Lipinski definition) is 5. The average Bonchev–Trinajstić information content (AvgIpc) is 3.29. The van der Waals surface area contributed by atoms with Gasteiger partial charge in [0, 0.05) is 6.07 Å². The molecule has 8 nitrogen and oxygen atoms in total. The molecule has 0 radical (unpaired) electrons. The molecule has 0 bridgehead atoms. The molecule has 1 fully saturated rings. The number of carbonyl (C=O) groups excluding carboxylic acids is 1. The van der Waals surface area contributed by atoms with Crippen molar-refractivity contribution in [3.8, 4) is 5.88 Å². The molecule has 1 heterocycles. The molecule has 12 heteroatoms. The van der Waals surface area contributed by atoms with Crippen molar-refractivity contribution in [3.63, 3.8) is 0 Å². The third kappa shape index (κ3) is 7.56. The Bertz CT molecular complexity index is 1300. The largest absolute Gasteiger partial charge is 0.476 e. The number of aromatic carboxylic acids is 1. The van der Waals surface area contributed by atoms with Crippen LogP contribution >= 0.6 is 0 Å². The summed E-state index contributed by atoms with van der Waals surface area (Å²) in [4.78, 5) is 24.3. The normalized spacial score (nSPS) is 17.5. The maximum absolute atomic E-state index is 13.9. The predicted molar refractivity (Wildman–Crippen MR) is 130 cm³/mol. The molecule has 0 spiro atoms. The zero-order valence-electron chi connectivity index (χ0n) is 20.8. The fraction of sp³-hybridized carbons (Fsp3) is 0.370. The van der Waals surface area contributed by atoms with Gasteiger partial charge in [-0.3, -0.25) is 4.79 Å². The number of nitrogens with zero attached hydrogens (tertiary/aromatic N) is 2. The summed E-state index contributed by atoms with van der Waals surface area (Å²) >= 11 is 0. The van der Waals surface area contributed by atoms with Gasteiger partial charge in [-0.25, -0.2) is 13.9 Å². The minimum absolute atomic E-state index is 0.0789. The standard InChI is InChI=1S/C27H27F4N3O5/c28-20-12-18(10-11-19(20)27(29,30)31)16-39-25-13-22(26(36)37)33-34(25)14-24(35)32-21-8-4-5-9-23(21)38-15-17-6-2-1-3-7-17/h1-3,6-7,10-13,21,23H,4-5,8-9,14-16H2,(H,32,35)(H,36,37). The van der Waals surface area contributed by atoms with Crippen molar-refractivity contribution in [2.24, 2.45) is 0 Å². The molecule has 2 aromatic carbocycles. The molecule has 2 unspecified atom stereocenters. The van der Waals surface area contributed by atoms with Crippen molar-refractivity contribution in [2.75, 3.05) is 0 Å². The lowest BCUT2D eigenvalue weighted by Gasteiger charge is -2.32. The van der Waals surface area contributed by atoms with Crippen molar-refractivity contribution >= 4 is 11.9 Å². The summed E-state index contributed by atoms with van der Waals surface area (Å²) in [7, 11) is 0. The van der Waals surface area contributed by atoms with E-state index < -0.39 is 35.1 Å². The molecule has 2 atom stereocenters. The van der Waals surface area contributed by atoms with Crippen molar-refractivity contribution in [1.29, 1.82) is 0 Å². The lowest BCUT2D eigenvalue weighted by atomic mass is 9.92. The van der Waals surface area contributed by atoms with E-state index in [9.17, 15) is 32.3 Å². The number of nitrogens with one attached hydrogen (secondary N) is 1. The number of hydrogen-bond donors (Lipinski definition) is 2. The van der Waals surface area contributed by atoms with Gasteiger partial charge in [0.25, 0.3) is 0 Å². The monoisotopic (exact) mass is 549 g/mol. The number of ether oxygens (including phenoxy) is 2. The number of benzene rings is 2. The molecule has 4 rings (SSSR count). The van der Waals surface area contributed by atoms with Crippen molar-refractivity contribution in [3.05, 3.63) is 82.8 Å². The number of amides is 1. The highest BCUT2D eigenvalue weighted by Gasteiger charge is 2.34. The number of carbonyl (C=O) groups is 2. The van der Waals surface area contributed by atoms with Crippen LogP contribution in [0.25, 0.3) is 0 Å². The van der Waals surface area contributed by atoms with Gasteiger partial charge in [0.1, 0.15) is 19.0 Å². The van der Waals surface area contributed by atoms with Crippen LogP contribution in [0.2, 0.25) is 0 Å². The van der Waals surface area contributed by atoms with Crippen molar-refractivity contribution in [1.82, 2.24) is 15.1 Å². The minimum atomic E-state index is -4.84. The Labute approximate surface area is 221 Å². The van der Waals surface area contributed by atoms with E-state index >= 15 is 0 Å². The Morgan fingerprint density at radius 2 is 1.77 bits per heavy atom. The molecule has 1 aliphatic carbocycles. The zero-order valence-corrected chi connectivity index (χ0v) is 20.8. The second-order valence-electron chi connectivity index (χ2n) is 9.22. The fourth-order valence-corrected chi connectivity index (χ4v) is 4.40. The zero-order chi connectivity index (χ0) is 28.0. The summed E-state index contributed by atoms with van der Waals surface area (Å²) in [6.45, 7) is -0.340. The van der Waals surface area contributed by atoms with Gasteiger partial charge in [-0.2, -0.15) is 18.3 Å². The molecule has 2 N–H and O–H groups in total. The second-order valence-corrected chi connectivity index (χ2v) is 9.22.